The maximum absolute atomic E-state index is 13.7. The Balaban J connectivity index is 1.79. The fourth-order valence-corrected chi connectivity index (χ4v) is 14.8. The summed E-state index contributed by atoms with van der Waals surface area (Å²) < 4.78 is 88.5. The molecular formula is C82H137N7O30. The van der Waals surface area contributed by atoms with Crippen molar-refractivity contribution < 1.29 is 143 Å². The Bertz CT molecular complexity index is 3110. The van der Waals surface area contributed by atoms with Gasteiger partial charge in [0.05, 0.1) is 118 Å². The van der Waals surface area contributed by atoms with Gasteiger partial charge in [-0.05, 0) is 141 Å². The van der Waals surface area contributed by atoms with Crippen molar-refractivity contribution in [1.29, 1.82) is 0 Å². The first-order valence-corrected chi connectivity index (χ1v) is 40.6. The minimum Gasteiger partial charge on any atom is -0.465 e. The average Bonchev–Trinajstić information content (AvgIpc) is 0.788. The lowest BCUT2D eigenvalue weighted by molar-refractivity contribution is -0.204. The molecule has 15 atom stereocenters. The monoisotopic (exact) mass is 1700 g/mol. The van der Waals surface area contributed by atoms with Gasteiger partial charge in [-0.3, -0.25) is 71.9 Å². The van der Waals surface area contributed by atoms with Crippen LogP contribution in [-0.2, 0) is 143 Å². The van der Waals surface area contributed by atoms with Crippen molar-refractivity contribution in [2.75, 3.05) is 59.5 Å². The number of hydrogen-bond donors (Lipinski definition) is 7. The van der Waals surface area contributed by atoms with E-state index in [1.807, 2.05) is 83.1 Å². The van der Waals surface area contributed by atoms with E-state index in [1.54, 1.807) is 0 Å². The molecule has 0 aromatic rings. The van der Waals surface area contributed by atoms with Gasteiger partial charge in [-0.2, -0.15) is 0 Å². The predicted molar refractivity (Wildman–Crippen MR) is 425 cm³/mol. The Labute approximate surface area is 699 Å². The molecule has 0 spiro atoms. The predicted octanol–water partition coefficient (Wildman–Crippen LogP) is 4.27. The van der Waals surface area contributed by atoms with E-state index in [-0.39, 0.29) is 116 Å². The molecule has 0 heterocycles. The quantitative estimate of drug-likeness (QED) is 0.0254. The van der Waals surface area contributed by atoms with E-state index in [9.17, 15) is 71.9 Å². The number of carbonyl (C=O) groups excluding carboxylic acids is 15. The van der Waals surface area contributed by atoms with Crippen LogP contribution >= 0.6 is 0 Å². The van der Waals surface area contributed by atoms with Gasteiger partial charge in [0.25, 0.3) is 0 Å². The highest BCUT2D eigenvalue weighted by molar-refractivity contribution is 5.79. The summed E-state index contributed by atoms with van der Waals surface area (Å²) in [6, 6.07) is -2.99. The topological polar surface area (TPSA) is 493 Å². The molecule has 119 heavy (non-hydrogen) atoms. The zero-order chi connectivity index (χ0) is 90.5. The van der Waals surface area contributed by atoms with Crippen molar-refractivity contribution in [3.8, 4) is 0 Å². The van der Waals surface area contributed by atoms with E-state index < -0.39 is 201 Å². The van der Waals surface area contributed by atoms with E-state index in [0.29, 0.717) is 38.5 Å². The largest absolute Gasteiger partial charge is 0.465 e. The number of rotatable bonds is 48. The lowest BCUT2D eigenvalue weighted by Crippen LogP contribution is -2.64. The molecule has 3 aliphatic carbocycles. The zero-order valence-corrected chi connectivity index (χ0v) is 74.3. The van der Waals surface area contributed by atoms with Crippen LogP contribution < -0.4 is 37.6 Å². The highest BCUT2D eigenvalue weighted by Gasteiger charge is 2.55. The van der Waals surface area contributed by atoms with Crippen LogP contribution in [0.3, 0.4) is 0 Å². The van der Waals surface area contributed by atoms with Crippen LogP contribution in [0.5, 0.6) is 0 Å². The summed E-state index contributed by atoms with van der Waals surface area (Å²) in [6.45, 7) is 34.7. The summed E-state index contributed by atoms with van der Waals surface area (Å²) in [5.74, 6) is -10.7. The van der Waals surface area contributed by atoms with Gasteiger partial charge < -0.3 is 109 Å². The van der Waals surface area contributed by atoms with Gasteiger partial charge in [0.1, 0.15) is 18.3 Å². The molecule has 3 rings (SSSR count). The molecule has 0 saturated heterocycles. The molecule has 3 fully saturated rings. The molecule has 6 amide bonds. The van der Waals surface area contributed by atoms with Gasteiger partial charge in [-0.25, -0.2) is 0 Å². The molecule has 0 aliphatic heterocycles. The molecule has 3 aliphatic rings. The van der Waals surface area contributed by atoms with Crippen molar-refractivity contribution in [2.45, 2.75) is 355 Å². The smallest absolute Gasteiger partial charge is 0.303 e. The van der Waals surface area contributed by atoms with Gasteiger partial charge in [0, 0.05) is 137 Å². The second-order valence-corrected chi connectivity index (χ2v) is 35.3. The van der Waals surface area contributed by atoms with E-state index in [4.69, 9.17) is 76.8 Å². The van der Waals surface area contributed by atoms with Crippen LogP contribution in [0.4, 0.5) is 0 Å². The Hall–Kier alpha value is -8.23. The van der Waals surface area contributed by atoms with Crippen molar-refractivity contribution in [3.63, 3.8) is 0 Å². The van der Waals surface area contributed by atoms with Crippen molar-refractivity contribution >= 4 is 89.2 Å². The maximum atomic E-state index is 13.7. The molecule has 37 heteroatoms. The molecule has 0 aromatic carbocycles. The molecule has 0 radical (unpaired) electrons. The van der Waals surface area contributed by atoms with Gasteiger partial charge >= 0.3 is 53.7 Å². The Morgan fingerprint density at radius 1 is 0.303 bits per heavy atom. The maximum Gasteiger partial charge on any atom is 0.303 e. The van der Waals surface area contributed by atoms with E-state index in [1.165, 1.54) is 83.1 Å². The van der Waals surface area contributed by atoms with Crippen LogP contribution in [0.2, 0.25) is 0 Å². The van der Waals surface area contributed by atoms with Crippen LogP contribution in [0.25, 0.3) is 0 Å². The summed E-state index contributed by atoms with van der Waals surface area (Å²) in [5, 5.41) is 17.6. The average molecular weight is 1700 g/mol. The number of ether oxygens (including phenoxy) is 15. The SMILES string of the molecule is CC(=O)NC1C(OC(C)(C)CCC(C)(C)NC(=O)CCOCC(N)(COCCC(=O)NC(C)(C)CCC(C)(C)OC2CC(COC(C)=O)C(OC(C)=O)C(OC(C)=O)C2NC(C)=O)COCCC(=O)NC(C)(C)CCC(C)(C)OC2CC(COC(C)=O)C(OC(C)=O)C(OC(C)=O)C2NC(C)=O)CC(COC(C)=O)C(OC(C)=O)C1OC(C)=O. The minimum atomic E-state index is -1.42. The van der Waals surface area contributed by atoms with Gasteiger partial charge in [0.2, 0.25) is 35.4 Å². The van der Waals surface area contributed by atoms with E-state index in [2.05, 4.69) is 31.9 Å². The van der Waals surface area contributed by atoms with Crippen LogP contribution in [0, 0.1) is 17.8 Å². The van der Waals surface area contributed by atoms with Gasteiger partial charge in [0.15, 0.2) is 18.3 Å². The fraction of sp³-hybridized carbons (Fsp3) is 0.817. The Morgan fingerprint density at radius 3 is 0.706 bits per heavy atom. The number of amides is 6. The molecule has 0 bridgehead atoms. The highest BCUT2D eigenvalue weighted by atomic mass is 16.6. The number of carbonyl (C=O) groups is 15. The standard InChI is InChI=1S/C82H137N7O30/c1-46(90)84-67-61(37-58(40-108-49(4)93)70(111-52(7)96)73(67)114-55(10)99)117-79(19,20)31-28-76(13,14)87-64(102)25-34-105-43-82(83,44-106-35-26-65(103)88-77(15,16)29-32-80(21,22)118-62-38-59(41-109-50(5)94)71(112-53(8)97)74(115-56(11)100)68(62)85-47(2)91)45-107-36-27-66(104)89-78(17,18)30-33-81(23,24)119-63-39-60(42-110-51(6)95)72(113-54(9)98)75(116-57(12)101)69(63)86-48(3)92/h58-63,67-75H,25-45,83H2,1-24H3,(H,84,90)(H,85,91)(H,86,92)(H,87,102)(H,88,103)(H,89,104). The normalized spacial score (nSPS) is 24.0. The summed E-state index contributed by atoms with van der Waals surface area (Å²) in [6.07, 6.45) is -7.49. The first-order chi connectivity index (χ1) is 54.8. The van der Waals surface area contributed by atoms with E-state index >= 15 is 0 Å². The van der Waals surface area contributed by atoms with Crippen LogP contribution in [0.15, 0.2) is 0 Å². The molecular weight excluding hydrogens is 1560 g/mol. The molecule has 0 aromatic heterocycles. The minimum absolute atomic E-state index is 0.112. The fourth-order valence-electron chi connectivity index (χ4n) is 14.8. The summed E-state index contributed by atoms with van der Waals surface area (Å²) in [7, 11) is 0. The second kappa shape index (κ2) is 47.3. The summed E-state index contributed by atoms with van der Waals surface area (Å²) in [4.78, 5) is 190. The highest BCUT2D eigenvalue weighted by Crippen LogP contribution is 2.40. The van der Waals surface area contributed by atoms with Crippen molar-refractivity contribution in [2.24, 2.45) is 23.5 Å². The Kier molecular flexibility index (Phi) is 41.7. The van der Waals surface area contributed by atoms with Gasteiger partial charge in [-0.1, -0.05) is 0 Å². The number of nitrogens with one attached hydrogen (secondary N) is 6. The molecule has 37 nitrogen and oxygen atoms in total. The number of hydrogen-bond acceptors (Lipinski definition) is 31. The zero-order valence-electron chi connectivity index (χ0n) is 74.3. The molecule has 8 N–H and O–H groups in total. The molecule has 3 saturated carbocycles. The molecule has 680 valence electrons. The van der Waals surface area contributed by atoms with Crippen molar-refractivity contribution in [3.05, 3.63) is 0 Å². The van der Waals surface area contributed by atoms with E-state index in [0.717, 1.165) is 0 Å². The lowest BCUT2D eigenvalue weighted by atomic mass is 9.78. The number of esters is 9. The lowest BCUT2D eigenvalue weighted by Gasteiger charge is -2.47. The number of nitrogens with two attached hydrogens (primary N) is 1. The first kappa shape index (κ1) is 105. The molecule has 15 unspecified atom stereocenters. The van der Waals surface area contributed by atoms with Crippen LogP contribution in [-0.4, -0.2) is 261 Å². The van der Waals surface area contributed by atoms with Crippen LogP contribution in [0.1, 0.15) is 243 Å². The summed E-state index contributed by atoms with van der Waals surface area (Å²) >= 11 is 0. The summed E-state index contributed by atoms with van der Waals surface area (Å²) in [5.41, 5.74) is 0.187. The van der Waals surface area contributed by atoms with Gasteiger partial charge in [-0.15, -0.1) is 0 Å². The van der Waals surface area contributed by atoms with Crippen molar-refractivity contribution in [1.82, 2.24) is 31.9 Å². The Morgan fingerprint density at radius 2 is 0.513 bits per heavy atom. The third kappa shape index (κ3) is 40.3. The second-order valence-electron chi connectivity index (χ2n) is 35.3. The third-order valence-electron chi connectivity index (χ3n) is 20.1. The third-order valence-corrected chi connectivity index (χ3v) is 20.1. The first-order valence-electron chi connectivity index (χ1n) is 40.6.